The van der Waals surface area contributed by atoms with Crippen LogP contribution in [-0.2, 0) is 4.74 Å². The first-order chi connectivity index (χ1) is 14.1. The first-order valence-electron chi connectivity index (χ1n) is 9.94. The van der Waals surface area contributed by atoms with E-state index < -0.39 is 6.10 Å². The molecule has 1 heterocycles. The number of benzene rings is 2. The van der Waals surface area contributed by atoms with E-state index in [1.54, 1.807) is 24.3 Å². The number of carbonyl (C=O) groups is 1. The standard InChI is InChI=1S/C22H27F2N3O2.ClH/c1-2-25-22(28)27-13-11-26(12-14-27)15-16-29-21(17-3-7-19(23)8-4-17)18-5-9-20(24)10-6-18;/h3-10,21H,2,11-16H2,1H3,(H,25,28);1H. The van der Waals surface area contributed by atoms with Gasteiger partial charge in [0.25, 0.3) is 0 Å². The molecule has 1 aliphatic rings. The van der Waals surface area contributed by atoms with Crippen LogP contribution < -0.4 is 5.32 Å². The molecule has 30 heavy (non-hydrogen) atoms. The average molecular weight is 440 g/mol. The van der Waals surface area contributed by atoms with Crippen molar-refractivity contribution >= 4 is 18.4 Å². The molecule has 1 N–H and O–H groups in total. The third kappa shape index (κ3) is 6.65. The molecule has 0 spiro atoms. The Hall–Kier alpha value is -2.22. The number of hydrogen-bond acceptors (Lipinski definition) is 3. The van der Waals surface area contributed by atoms with Crippen LogP contribution >= 0.6 is 12.4 Å². The van der Waals surface area contributed by atoms with Crippen molar-refractivity contribution in [1.29, 1.82) is 0 Å². The largest absolute Gasteiger partial charge is 0.367 e. The van der Waals surface area contributed by atoms with Gasteiger partial charge in [-0.1, -0.05) is 24.3 Å². The maximum absolute atomic E-state index is 13.3. The van der Waals surface area contributed by atoms with Gasteiger partial charge in [0.2, 0.25) is 0 Å². The fourth-order valence-corrected chi connectivity index (χ4v) is 3.40. The Kier molecular flexibility index (Phi) is 9.49. The minimum absolute atomic E-state index is 0. The third-order valence-electron chi connectivity index (χ3n) is 5.03. The highest BCUT2D eigenvalue weighted by Gasteiger charge is 2.21. The summed E-state index contributed by atoms with van der Waals surface area (Å²) < 4.78 is 32.7. The molecule has 0 radical (unpaired) electrons. The van der Waals surface area contributed by atoms with Crippen LogP contribution in [0.3, 0.4) is 0 Å². The predicted molar refractivity (Wildman–Crippen MR) is 115 cm³/mol. The van der Waals surface area contributed by atoms with Gasteiger partial charge >= 0.3 is 6.03 Å². The number of piperazine rings is 1. The molecule has 0 aromatic heterocycles. The van der Waals surface area contributed by atoms with Crippen LogP contribution in [0, 0.1) is 11.6 Å². The molecule has 1 saturated heterocycles. The van der Waals surface area contributed by atoms with Crippen LogP contribution in [0.5, 0.6) is 0 Å². The summed E-state index contributed by atoms with van der Waals surface area (Å²) in [6.07, 6.45) is -0.396. The third-order valence-corrected chi connectivity index (χ3v) is 5.03. The van der Waals surface area contributed by atoms with Gasteiger partial charge in [-0.3, -0.25) is 4.90 Å². The Morgan fingerprint density at radius 3 is 1.93 bits per heavy atom. The van der Waals surface area contributed by atoms with E-state index in [1.165, 1.54) is 24.3 Å². The van der Waals surface area contributed by atoms with Crippen LogP contribution in [0.1, 0.15) is 24.2 Å². The summed E-state index contributed by atoms with van der Waals surface area (Å²) in [5.74, 6) is -0.617. The molecule has 2 aromatic rings. The summed E-state index contributed by atoms with van der Waals surface area (Å²) in [5.41, 5.74) is 1.64. The van der Waals surface area contributed by atoms with Gasteiger partial charge in [0.1, 0.15) is 17.7 Å². The van der Waals surface area contributed by atoms with Crippen molar-refractivity contribution < 1.29 is 18.3 Å². The molecule has 0 aliphatic carbocycles. The van der Waals surface area contributed by atoms with Gasteiger partial charge in [-0.15, -0.1) is 12.4 Å². The number of hydrogen-bond donors (Lipinski definition) is 1. The van der Waals surface area contributed by atoms with Gasteiger partial charge in [0.15, 0.2) is 0 Å². The van der Waals surface area contributed by atoms with Crippen molar-refractivity contribution in [3.05, 3.63) is 71.3 Å². The molecule has 8 heteroatoms. The van der Waals surface area contributed by atoms with Gasteiger partial charge in [-0.25, -0.2) is 13.6 Å². The number of rotatable bonds is 7. The molecule has 5 nitrogen and oxygen atoms in total. The van der Waals surface area contributed by atoms with E-state index >= 15 is 0 Å². The highest BCUT2D eigenvalue weighted by Crippen LogP contribution is 2.26. The second kappa shape index (κ2) is 11.8. The fourth-order valence-electron chi connectivity index (χ4n) is 3.40. The highest BCUT2D eigenvalue weighted by molar-refractivity contribution is 5.85. The van der Waals surface area contributed by atoms with E-state index in [0.717, 1.165) is 30.8 Å². The van der Waals surface area contributed by atoms with Crippen LogP contribution in [-0.4, -0.2) is 61.7 Å². The molecule has 0 atom stereocenters. The number of ether oxygens (including phenoxy) is 1. The number of nitrogens with zero attached hydrogens (tertiary/aromatic N) is 2. The lowest BCUT2D eigenvalue weighted by molar-refractivity contribution is 0.0491. The smallest absolute Gasteiger partial charge is 0.317 e. The Labute approximate surface area is 182 Å². The number of urea groups is 1. The molecule has 2 amide bonds. The van der Waals surface area contributed by atoms with Crippen LogP contribution in [0.2, 0.25) is 0 Å². The van der Waals surface area contributed by atoms with Crippen molar-refractivity contribution in [3.8, 4) is 0 Å². The van der Waals surface area contributed by atoms with E-state index in [4.69, 9.17) is 4.74 Å². The summed E-state index contributed by atoms with van der Waals surface area (Å²) in [6, 6.07) is 12.3. The summed E-state index contributed by atoms with van der Waals surface area (Å²) in [5, 5.41) is 2.82. The van der Waals surface area contributed by atoms with E-state index in [2.05, 4.69) is 10.2 Å². The Morgan fingerprint density at radius 2 is 1.47 bits per heavy atom. The minimum Gasteiger partial charge on any atom is -0.367 e. The first-order valence-corrected chi connectivity index (χ1v) is 9.94. The van der Waals surface area contributed by atoms with Crippen LogP contribution in [0.25, 0.3) is 0 Å². The monoisotopic (exact) mass is 439 g/mol. The predicted octanol–water partition coefficient (Wildman–Crippen LogP) is 3.84. The second-order valence-electron chi connectivity index (χ2n) is 7.02. The van der Waals surface area contributed by atoms with Gasteiger partial charge in [-0.05, 0) is 42.3 Å². The van der Waals surface area contributed by atoms with E-state index in [-0.39, 0.29) is 30.1 Å². The molecule has 0 unspecified atom stereocenters. The van der Waals surface area contributed by atoms with Crippen LogP contribution in [0.4, 0.5) is 13.6 Å². The Bertz CT molecular complexity index is 736. The molecular weight excluding hydrogens is 412 g/mol. The zero-order valence-corrected chi connectivity index (χ0v) is 17.8. The highest BCUT2D eigenvalue weighted by atomic mass is 35.5. The number of halogens is 3. The number of carbonyl (C=O) groups excluding carboxylic acids is 1. The van der Waals surface area contributed by atoms with Gasteiger partial charge in [0, 0.05) is 39.3 Å². The van der Waals surface area contributed by atoms with Crippen LogP contribution in [0.15, 0.2) is 48.5 Å². The number of nitrogens with one attached hydrogen (secondary N) is 1. The maximum Gasteiger partial charge on any atom is 0.317 e. The first kappa shape index (κ1) is 24.1. The summed E-state index contributed by atoms with van der Waals surface area (Å²) in [4.78, 5) is 16.0. The zero-order valence-electron chi connectivity index (χ0n) is 17.0. The summed E-state index contributed by atoms with van der Waals surface area (Å²) in [7, 11) is 0. The Balaban J connectivity index is 0.00000320. The van der Waals surface area contributed by atoms with Crippen molar-refractivity contribution in [1.82, 2.24) is 15.1 Å². The molecule has 0 saturated carbocycles. The molecule has 1 fully saturated rings. The number of amides is 2. The van der Waals surface area contributed by atoms with E-state index in [1.807, 2.05) is 11.8 Å². The van der Waals surface area contributed by atoms with E-state index in [0.29, 0.717) is 26.2 Å². The zero-order chi connectivity index (χ0) is 20.6. The molecule has 0 bridgehead atoms. The lowest BCUT2D eigenvalue weighted by atomic mass is 10.0. The van der Waals surface area contributed by atoms with Crippen molar-refractivity contribution in [2.45, 2.75) is 13.0 Å². The normalized spacial score (nSPS) is 14.5. The lowest BCUT2D eigenvalue weighted by Gasteiger charge is -2.34. The van der Waals surface area contributed by atoms with Gasteiger partial charge in [-0.2, -0.15) is 0 Å². The quantitative estimate of drug-likeness (QED) is 0.713. The fraction of sp³-hybridized carbons (Fsp3) is 0.409. The van der Waals surface area contributed by atoms with Crippen molar-refractivity contribution in [2.24, 2.45) is 0 Å². The summed E-state index contributed by atoms with van der Waals surface area (Å²) >= 11 is 0. The molecule has 1 aliphatic heterocycles. The molecular formula is C22H28ClF2N3O2. The average Bonchev–Trinajstić information content (AvgIpc) is 2.74. The molecule has 164 valence electrons. The van der Waals surface area contributed by atoms with Crippen molar-refractivity contribution in [2.75, 3.05) is 45.9 Å². The summed E-state index contributed by atoms with van der Waals surface area (Å²) in [6.45, 7) is 6.68. The molecule has 2 aromatic carbocycles. The molecule has 3 rings (SSSR count). The Morgan fingerprint density at radius 1 is 0.967 bits per heavy atom. The van der Waals surface area contributed by atoms with Gasteiger partial charge in [0.05, 0.1) is 6.61 Å². The van der Waals surface area contributed by atoms with Crippen molar-refractivity contribution in [3.63, 3.8) is 0 Å². The lowest BCUT2D eigenvalue weighted by Crippen LogP contribution is -2.52. The van der Waals surface area contributed by atoms with E-state index in [9.17, 15) is 13.6 Å². The SMILES string of the molecule is CCNC(=O)N1CCN(CCOC(c2ccc(F)cc2)c2ccc(F)cc2)CC1.Cl. The maximum atomic E-state index is 13.3. The topological polar surface area (TPSA) is 44.8 Å². The minimum atomic E-state index is -0.396. The second-order valence-corrected chi connectivity index (χ2v) is 7.02. The van der Waals surface area contributed by atoms with Gasteiger partial charge < -0.3 is 15.0 Å².